The number of hydrogen-bond acceptors (Lipinski definition) is 3. The summed E-state index contributed by atoms with van der Waals surface area (Å²) >= 11 is 2.42. The van der Waals surface area contributed by atoms with Crippen molar-refractivity contribution in [2.45, 2.75) is 85.0 Å². The predicted octanol–water partition coefficient (Wildman–Crippen LogP) is 12.6. The fraction of sp³-hybridized carbons (Fsp3) is 0.280. The van der Waals surface area contributed by atoms with Gasteiger partial charge in [-0.2, -0.15) is 0 Å². The van der Waals surface area contributed by atoms with Gasteiger partial charge in [0.05, 0.1) is 0 Å². The molecule has 5 aromatic carbocycles. The van der Waals surface area contributed by atoms with Crippen LogP contribution in [0.4, 0.5) is 17.2 Å². The summed E-state index contributed by atoms with van der Waals surface area (Å²) < 4.78 is 12.2. The van der Waals surface area contributed by atoms with Crippen LogP contribution in [0.25, 0.3) is 22.4 Å². The molecular formula is C50H48N4OPt-2. The second kappa shape index (κ2) is 12.8. The maximum absolute atomic E-state index is 6.68. The van der Waals surface area contributed by atoms with Crippen LogP contribution in [0.1, 0.15) is 90.1 Å². The third kappa shape index (κ3) is 5.45. The van der Waals surface area contributed by atoms with Gasteiger partial charge in [0.1, 0.15) is 0 Å². The number of nitrogens with zero attached hydrogens (tertiary/aromatic N) is 4. The van der Waals surface area contributed by atoms with Gasteiger partial charge in [-0.05, 0) is 44.4 Å². The molecule has 56 heavy (non-hydrogen) atoms. The van der Waals surface area contributed by atoms with E-state index < -0.39 is 0 Å². The van der Waals surface area contributed by atoms with Crippen molar-refractivity contribution in [1.82, 2.24) is 14.1 Å². The summed E-state index contributed by atoms with van der Waals surface area (Å²) in [5.74, 6) is 2.14. The van der Waals surface area contributed by atoms with Crippen LogP contribution in [0.3, 0.4) is 0 Å². The van der Waals surface area contributed by atoms with Crippen molar-refractivity contribution in [3.05, 3.63) is 159 Å². The molecule has 0 unspecified atom stereocenters. The third-order valence-electron chi connectivity index (χ3n) is 13.3. The number of hydrogen-bond donors (Lipinski definition) is 0. The zero-order valence-corrected chi connectivity index (χ0v) is 36.0. The molecule has 5 nitrogen and oxygen atoms in total. The van der Waals surface area contributed by atoms with Crippen LogP contribution in [-0.4, -0.2) is 14.1 Å². The number of rotatable bonds is 5. The fourth-order valence-corrected chi connectivity index (χ4v) is 10.2. The van der Waals surface area contributed by atoms with E-state index in [4.69, 9.17) is 9.72 Å². The smallest absolute Gasteiger partial charge is 0.0582 e. The number of ether oxygens (including phenoxy) is 1. The summed E-state index contributed by atoms with van der Waals surface area (Å²) in [6, 6.07) is 45.8. The molecule has 6 heteroatoms. The molecule has 0 amide bonds. The van der Waals surface area contributed by atoms with Crippen molar-refractivity contribution < 1.29 is 24.1 Å². The minimum atomic E-state index is -0.0437. The zero-order chi connectivity index (χ0) is 39.4. The molecule has 0 saturated carbocycles. The Morgan fingerprint density at radius 1 is 0.714 bits per heavy atom. The first-order valence-corrected chi connectivity index (χ1v) is 20.7. The van der Waals surface area contributed by atoms with Gasteiger partial charge in [-0.25, -0.2) is 0 Å². The molecule has 0 bridgehead atoms. The molecule has 1 aliphatic heterocycles. The van der Waals surface area contributed by atoms with E-state index in [-0.39, 0.29) is 21.7 Å². The molecule has 0 radical (unpaired) electrons. The summed E-state index contributed by atoms with van der Waals surface area (Å²) in [5.41, 5.74) is 13.1. The average molecular weight is 916 g/mol. The van der Waals surface area contributed by atoms with Crippen molar-refractivity contribution in [1.29, 1.82) is 0 Å². The van der Waals surface area contributed by atoms with Gasteiger partial charge in [0, 0.05) is 6.20 Å². The van der Waals surface area contributed by atoms with Crippen LogP contribution in [0, 0.1) is 21.4 Å². The number of aromatic nitrogens is 3. The Morgan fingerprint density at radius 3 is 2.14 bits per heavy atom. The molecule has 0 spiro atoms. The first kappa shape index (κ1) is 36.6. The quantitative estimate of drug-likeness (QED) is 0.161. The molecule has 0 saturated heterocycles. The van der Waals surface area contributed by atoms with Gasteiger partial charge in [0.15, 0.2) is 0 Å². The molecule has 286 valence electrons. The van der Waals surface area contributed by atoms with Crippen LogP contribution in [0.15, 0.2) is 115 Å². The van der Waals surface area contributed by atoms with Gasteiger partial charge in [-0.1, -0.05) is 68.4 Å². The second-order valence-corrected chi connectivity index (χ2v) is 19.0. The number of imidazole rings is 1. The summed E-state index contributed by atoms with van der Waals surface area (Å²) in [5, 5.41) is 0. The Hall–Kier alpha value is -4.99. The molecular weight excluding hydrogens is 868 g/mol. The van der Waals surface area contributed by atoms with Crippen LogP contribution < -0.4 is 9.64 Å². The Balaban J connectivity index is 1.15. The van der Waals surface area contributed by atoms with E-state index in [1.807, 2.05) is 24.4 Å². The van der Waals surface area contributed by atoms with E-state index in [0.29, 0.717) is 11.5 Å². The number of para-hydroxylation sites is 3. The van der Waals surface area contributed by atoms with E-state index in [2.05, 4.69) is 199 Å². The molecule has 3 heterocycles. The minimum Gasteiger partial charge on any atom is -0.0582 e. The monoisotopic (exact) mass is 915 g/mol. The van der Waals surface area contributed by atoms with Gasteiger partial charge in [0.25, 0.3) is 0 Å². The second-order valence-electron chi connectivity index (χ2n) is 18.0. The molecule has 0 N–H and O–H groups in total. The van der Waals surface area contributed by atoms with Crippen molar-refractivity contribution >= 4 is 28.2 Å². The molecule has 0 fully saturated rings. The Bertz CT molecular complexity index is 2750. The molecule has 9 rings (SSSR count). The van der Waals surface area contributed by atoms with Crippen molar-refractivity contribution in [2.24, 2.45) is 5.41 Å². The number of fused-ring (bicyclic) bond motifs is 5. The Kier molecular flexibility index (Phi) is 8.35. The van der Waals surface area contributed by atoms with Crippen molar-refractivity contribution in [2.75, 3.05) is 4.90 Å². The van der Waals surface area contributed by atoms with Gasteiger partial charge < -0.3 is 0 Å². The van der Waals surface area contributed by atoms with Gasteiger partial charge in [-0.15, -0.1) is 0 Å². The first-order chi connectivity index (χ1) is 26.6. The van der Waals surface area contributed by atoms with E-state index in [1.165, 1.54) is 33.5 Å². The third-order valence-corrected chi connectivity index (χ3v) is 14.3. The van der Waals surface area contributed by atoms with Crippen LogP contribution >= 0.6 is 0 Å². The van der Waals surface area contributed by atoms with E-state index in [0.717, 1.165) is 44.1 Å². The Labute approximate surface area is 342 Å². The standard InChI is InChI=1S/C50H48N4O.Pt/c1-47(2,3)34-26-27-51-45(29-34)54-41-25-24-40-46(49(6,7)50(8,9)48(40,4)5)39(41)28-33-22-23-38(31-44(33)54)55-37-19-15-18-36(30-37)53-32-52(35-16-11-10-12-17-35)42-20-13-14-21-43(42)53;/h10-27,29H,28H2,1-9H3;/q-2;. The fourth-order valence-electron chi connectivity index (χ4n) is 9.05. The van der Waals surface area contributed by atoms with Crippen molar-refractivity contribution in [3.63, 3.8) is 0 Å². The van der Waals surface area contributed by atoms with Gasteiger partial charge in [0.2, 0.25) is 0 Å². The van der Waals surface area contributed by atoms with Crippen LogP contribution in [0.5, 0.6) is 11.5 Å². The van der Waals surface area contributed by atoms with Crippen molar-refractivity contribution in [3.8, 4) is 22.9 Å². The van der Waals surface area contributed by atoms with Crippen LogP contribution in [-0.2, 0) is 42.0 Å². The Morgan fingerprint density at radius 2 is 1.41 bits per heavy atom. The number of benzene rings is 5. The molecule has 0 atom stereocenters. The molecule has 1 aliphatic carbocycles. The summed E-state index contributed by atoms with van der Waals surface area (Å²) in [4.78, 5) is 7.35. The topological polar surface area (TPSA) is 35.2 Å². The van der Waals surface area contributed by atoms with E-state index >= 15 is 0 Å². The van der Waals surface area contributed by atoms with Crippen LogP contribution in [0.2, 0.25) is 0 Å². The maximum atomic E-state index is 6.68. The zero-order valence-electron chi connectivity index (χ0n) is 33.7. The van der Waals surface area contributed by atoms with E-state index in [9.17, 15) is 0 Å². The van der Waals surface area contributed by atoms with Gasteiger partial charge in [-0.3, -0.25) is 0 Å². The molecule has 2 aromatic heterocycles. The molecule has 2 aliphatic rings. The van der Waals surface area contributed by atoms with E-state index in [1.54, 1.807) is 0 Å². The number of pyridine rings is 1. The summed E-state index contributed by atoms with van der Waals surface area (Å²) in [6.45, 7) is 21.3. The normalized spacial score (nSPS) is 16.4. The predicted molar refractivity (Wildman–Crippen MR) is 224 cm³/mol. The summed E-state index contributed by atoms with van der Waals surface area (Å²) in [6.07, 6.45) is 2.76. The van der Waals surface area contributed by atoms with Gasteiger partial charge >= 0.3 is 225 Å². The summed E-state index contributed by atoms with van der Waals surface area (Å²) in [7, 11) is 0. The number of anilines is 3. The SMILES string of the molecule is CC(C)(C)c1ccnc(N2c3[c-]c(Oc4[c-]c(-n5[c](=[Pt])n(-c6ccccc6)c6ccccc65)ccc4)ccc3Cc3c2ccc2c3C(C)(C)C(C)(C)C2(C)C)c1. The minimum absolute atomic E-state index is 0.0120. The molecule has 7 aromatic rings. The first-order valence-electron chi connectivity index (χ1n) is 19.5. The average Bonchev–Trinajstić information content (AvgIpc) is 3.52.